The zero-order valence-electron chi connectivity index (χ0n) is 23.4. The monoisotopic (exact) mass is 565 g/mol. The highest BCUT2D eigenvalue weighted by Gasteiger charge is 2.30. The quantitative estimate of drug-likeness (QED) is 0.367. The number of rotatable bonds is 7. The molecule has 0 radical (unpaired) electrons. The van der Waals surface area contributed by atoms with E-state index in [0.717, 1.165) is 16.7 Å². The van der Waals surface area contributed by atoms with Crippen molar-refractivity contribution >= 4 is 22.8 Å². The van der Waals surface area contributed by atoms with Gasteiger partial charge in [-0.05, 0) is 44.5 Å². The number of nitrogens with zero attached hydrogens (tertiary/aromatic N) is 6. The number of halogens is 2. The van der Waals surface area contributed by atoms with Crippen LogP contribution in [0, 0.1) is 6.92 Å². The van der Waals surface area contributed by atoms with Crippen LogP contribution in [0.3, 0.4) is 0 Å². The van der Waals surface area contributed by atoms with Crippen LogP contribution in [0.15, 0.2) is 53.6 Å². The zero-order valence-corrected chi connectivity index (χ0v) is 23.4. The predicted octanol–water partition coefficient (Wildman–Crippen LogP) is 3.14. The number of fused-ring (bicyclic) bond motifs is 1. The number of ether oxygens (including phenoxy) is 1. The van der Waals surface area contributed by atoms with E-state index in [2.05, 4.69) is 9.97 Å². The molecular formula is C29H33F2N7O3. The van der Waals surface area contributed by atoms with E-state index in [9.17, 15) is 18.4 Å². The van der Waals surface area contributed by atoms with E-state index in [1.807, 2.05) is 30.9 Å². The fraction of sp³-hybridized carbons (Fsp3) is 0.379. The Morgan fingerprint density at radius 1 is 1.12 bits per heavy atom. The number of aryl methyl sites for hydroxylation is 1. The average Bonchev–Trinajstić information content (AvgIpc) is 3.18. The van der Waals surface area contributed by atoms with E-state index in [4.69, 9.17) is 10.5 Å². The lowest BCUT2D eigenvalue weighted by atomic mass is 10.1. The van der Waals surface area contributed by atoms with Gasteiger partial charge < -0.3 is 20.3 Å². The number of piperazine rings is 1. The maximum Gasteiger partial charge on any atom is 0.387 e. The summed E-state index contributed by atoms with van der Waals surface area (Å²) in [5.74, 6) is 0.567. The molecule has 1 saturated heterocycles. The smallest absolute Gasteiger partial charge is 0.387 e. The molecule has 0 spiro atoms. The molecule has 2 aromatic carbocycles. The van der Waals surface area contributed by atoms with Gasteiger partial charge >= 0.3 is 6.61 Å². The van der Waals surface area contributed by atoms with Gasteiger partial charge in [-0.15, -0.1) is 0 Å². The minimum atomic E-state index is -2.96. The molecule has 2 N–H and O–H groups in total. The second-order valence-electron chi connectivity index (χ2n) is 10.5. The van der Waals surface area contributed by atoms with Crippen LogP contribution in [0.4, 0.5) is 14.7 Å². The molecule has 2 aromatic heterocycles. The normalized spacial score (nSPS) is 16.4. The molecule has 0 bridgehead atoms. The molecule has 4 aromatic rings. The van der Waals surface area contributed by atoms with Gasteiger partial charge in [0.15, 0.2) is 0 Å². The maximum atomic E-state index is 13.0. The van der Waals surface area contributed by atoms with E-state index >= 15 is 0 Å². The Balaban J connectivity index is 1.42. The lowest BCUT2D eigenvalue weighted by Gasteiger charge is -2.40. The minimum Gasteiger partial charge on any atom is -0.434 e. The third-order valence-electron chi connectivity index (χ3n) is 7.47. The number of carbonyl (C=O) groups excluding carboxylic acids is 1. The Hall–Kier alpha value is -4.32. The first-order valence-electron chi connectivity index (χ1n) is 13.4. The topological polar surface area (TPSA) is 112 Å². The molecular weight excluding hydrogens is 532 g/mol. The molecule has 0 saturated carbocycles. The SMILES string of the molecule is Cc1ccc(OC(F)F)c(Cn2c3cc(-c4cnc(N5CCN(C(=O)[C@H](C)N)[C@@H](C)C5)nc4)ccc3c(=O)n2C)c1. The molecule has 41 heavy (non-hydrogen) atoms. The molecule has 10 nitrogen and oxygen atoms in total. The van der Waals surface area contributed by atoms with Crippen molar-refractivity contribution in [1.82, 2.24) is 24.2 Å². The molecule has 1 amide bonds. The third kappa shape index (κ3) is 5.64. The number of alkyl halides is 2. The number of anilines is 1. The summed E-state index contributed by atoms with van der Waals surface area (Å²) in [6.45, 7) is 4.47. The summed E-state index contributed by atoms with van der Waals surface area (Å²) in [7, 11) is 1.64. The Morgan fingerprint density at radius 2 is 1.85 bits per heavy atom. The van der Waals surface area contributed by atoms with Crippen LogP contribution in [0.25, 0.3) is 22.0 Å². The van der Waals surface area contributed by atoms with E-state index in [-0.39, 0.29) is 29.8 Å². The molecule has 1 fully saturated rings. The Kier molecular flexibility index (Phi) is 7.76. The largest absolute Gasteiger partial charge is 0.434 e. The summed E-state index contributed by atoms with van der Waals surface area (Å²) in [5.41, 5.74) is 9.22. The minimum absolute atomic E-state index is 0.0252. The number of hydrogen-bond acceptors (Lipinski definition) is 7. The first-order chi connectivity index (χ1) is 19.5. The van der Waals surface area contributed by atoms with Gasteiger partial charge in [0.05, 0.1) is 23.5 Å². The summed E-state index contributed by atoms with van der Waals surface area (Å²) in [4.78, 5) is 38.4. The van der Waals surface area contributed by atoms with Crippen molar-refractivity contribution in [3.05, 3.63) is 70.3 Å². The molecule has 1 aliphatic rings. The molecule has 1 aliphatic heterocycles. The van der Waals surface area contributed by atoms with Crippen LogP contribution in [-0.4, -0.2) is 68.5 Å². The van der Waals surface area contributed by atoms with E-state index in [0.29, 0.717) is 42.0 Å². The third-order valence-corrected chi connectivity index (χ3v) is 7.47. The summed E-state index contributed by atoms with van der Waals surface area (Å²) in [6, 6.07) is 9.89. The van der Waals surface area contributed by atoms with Gasteiger partial charge in [0.2, 0.25) is 11.9 Å². The highest BCUT2D eigenvalue weighted by Crippen LogP contribution is 2.27. The average molecular weight is 566 g/mol. The van der Waals surface area contributed by atoms with Crippen molar-refractivity contribution in [2.24, 2.45) is 12.8 Å². The van der Waals surface area contributed by atoms with Crippen LogP contribution in [-0.2, 0) is 18.4 Å². The Bertz CT molecular complexity index is 1630. The molecule has 5 rings (SSSR count). The van der Waals surface area contributed by atoms with Crippen molar-refractivity contribution in [2.75, 3.05) is 24.5 Å². The number of hydrogen-bond donors (Lipinski definition) is 1. The van der Waals surface area contributed by atoms with E-state index in [1.54, 1.807) is 54.1 Å². The van der Waals surface area contributed by atoms with Crippen LogP contribution >= 0.6 is 0 Å². The number of carbonyl (C=O) groups is 1. The number of amides is 1. The number of benzene rings is 2. The summed E-state index contributed by atoms with van der Waals surface area (Å²) in [6.07, 6.45) is 3.46. The van der Waals surface area contributed by atoms with Crippen molar-refractivity contribution in [1.29, 1.82) is 0 Å². The van der Waals surface area contributed by atoms with E-state index in [1.165, 1.54) is 10.7 Å². The van der Waals surface area contributed by atoms with Crippen LogP contribution in [0.2, 0.25) is 0 Å². The Labute approximate surface area is 235 Å². The first kappa shape index (κ1) is 28.2. The summed E-state index contributed by atoms with van der Waals surface area (Å²) < 4.78 is 34.0. The summed E-state index contributed by atoms with van der Waals surface area (Å²) >= 11 is 0. The lowest BCUT2D eigenvalue weighted by molar-refractivity contribution is -0.134. The van der Waals surface area contributed by atoms with Crippen LogP contribution in [0.1, 0.15) is 25.0 Å². The van der Waals surface area contributed by atoms with Gasteiger partial charge in [0, 0.05) is 56.2 Å². The maximum absolute atomic E-state index is 13.0. The van der Waals surface area contributed by atoms with Crippen molar-refractivity contribution in [2.45, 2.75) is 46.0 Å². The van der Waals surface area contributed by atoms with Crippen molar-refractivity contribution in [3.8, 4) is 16.9 Å². The van der Waals surface area contributed by atoms with Gasteiger partial charge in [0.1, 0.15) is 5.75 Å². The van der Waals surface area contributed by atoms with Crippen molar-refractivity contribution < 1.29 is 18.3 Å². The highest BCUT2D eigenvalue weighted by atomic mass is 19.3. The molecule has 3 heterocycles. The second-order valence-corrected chi connectivity index (χ2v) is 10.5. The van der Waals surface area contributed by atoms with Crippen LogP contribution in [0.5, 0.6) is 5.75 Å². The fourth-order valence-corrected chi connectivity index (χ4v) is 5.31. The summed E-state index contributed by atoms with van der Waals surface area (Å²) in [5, 5.41) is 0.506. The molecule has 2 atom stereocenters. The fourth-order valence-electron chi connectivity index (χ4n) is 5.31. The van der Waals surface area contributed by atoms with Crippen LogP contribution < -0.4 is 20.9 Å². The van der Waals surface area contributed by atoms with Crippen molar-refractivity contribution in [3.63, 3.8) is 0 Å². The molecule has 216 valence electrons. The van der Waals surface area contributed by atoms with Gasteiger partial charge in [-0.2, -0.15) is 8.78 Å². The predicted molar refractivity (Wildman–Crippen MR) is 152 cm³/mol. The number of nitrogens with two attached hydrogens (primary N) is 1. The van der Waals surface area contributed by atoms with Gasteiger partial charge in [-0.1, -0.05) is 23.8 Å². The second kappa shape index (κ2) is 11.3. The molecule has 12 heteroatoms. The molecule has 0 unspecified atom stereocenters. The lowest BCUT2D eigenvalue weighted by Crippen LogP contribution is -2.57. The van der Waals surface area contributed by atoms with Gasteiger partial charge in [-0.25, -0.2) is 9.97 Å². The van der Waals surface area contributed by atoms with Gasteiger partial charge in [0.25, 0.3) is 5.56 Å². The first-order valence-corrected chi connectivity index (χ1v) is 13.4. The molecule has 0 aliphatic carbocycles. The standard InChI is InChI=1S/C29H33F2N7O3/c1-17-5-8-25(41-28(30)31)21(11-17)16-38-24-12-20(6-7-23(24)27(40)35(38)4)22-13-33-29(34-14-22)36-9-10-37(18(2)15-36)26(39)19(3)32/h5-8,11-14,18-19,28H,9-10,15-16,32H2,1-4H3/t18-,19-/m0/s1. The zero-order chi connectivity index (χ0) is 29.4. The highest BCUT2D eigenvalue weighted by molar-refractivity contribution is 5.84. The Morgan fingerprint density at radius 3 is 2.51 bits per heavy atom. The van der Waals surface area contributed by atoms with Gasteiger partial charge in [-0.3, -0.25) is 19.0 Å². The number of aromatic nitrogens is 4. The van der Waals surface area contributed by atoms with E-state index < -0.39 is 12.7 Å².